The summed E-state index contributed by atoms with van der Waals surface area (Å²) in [6.07, 6.45) is 6.13. The summed E-state index contributed by atoms with van der Waals surface area (Å²) in [5.41, 5.74) is 8.03. The van der Waals surface area contributed by atoms with E-state index in [2.05, 4.69) is 42.2 Å². The molecule has 0 aliphatic carbocycles. The number of hydrogen-bond donors (Lipinski definition) is 2. The summed E-state index contributed by atoms with van der Waals surface area (Å²) in [6.45, 7) is 6.30. The van der Waals surface area contributed by atoms with Crippen molar-refractivity contribution in [2.45, 2.75) is 39.2 Å². The number of nitrogens with two attached hydrogens (primary N) is 1. The normalized spacial score (nSPS) is 12.5. The van der Waals surface area contributed by atoms with E-state index in [-0.39, 0.29) is 30.0 Å². The molecule has 1 rings (SSSR count). The van der Waals surface area contributed by atoms with Crippen molar-refractivity contribution < 1.29 is 0 Å². The highest BCUT2D eigenvalue weighted by Crippen LogP contribution is 2.18. The maximum absolute atomic E-state index is 5.83. The topological polar surface area (TPSA) is 50.4 Å². The first kappa shape index (κ1) is 17.8. The number of terminal acetylenes is 1. The molecule has 19 heavy (non-hydrogen) atoms. The second-order valence-corrected chi connectivity index (χ2v) is 4.51. The minimum absolute atomic E-state index is 0. The van der Waals surface area contributed by atoms with Crippen molar-refractivity contribution in [1.82, 2.24) is 0 Å². The zero-order valence-electron chi connectivity index (χ0n) is 11.7. The molecule has 1 aromatic carbocycles. The fourth-order valence-corrected chi connectivity index (χ4v) is 1.57. The maximum Gasteiger partial charge on any atom is 0.194 e. The van der Waals surface area contributed by atoms with Gasteiger partial charge in [0.2, 0.25) is 0 Å². The summed E-state index contributed by atoms with van der Waals surface area (Å²) in [5.74, 6) is 3.44. The summed E-state index contributed by atoms with van der Waals surface area (Å²) in [6, 6.07) is 7.98. The maximum atomic E-state index is 5.83. The SMILES string of the molecule is C#CC(CC)N=C(N)Nc1cccc(C(C)C)c1.I. The number of anilines is 1. The number of nitrogens with one attached hydrogen (secondary N) is 1. The lowest BCUT2D eigenvalue weighted by Gasteiger charge is -2.11. The van der Waals surface area contributed by atoms with Crippen molar-refractivity contribution in [1.29, 1.82) is 0 Å². The number of halogens is 1. The van der Waals surface area contributed by atoms with Gasteiger partial charge in [0.1, 0.15) is 6.04 Å². The third-order valence-corrected chi connectivity index (χ3v) is 2.70. The molecule has 0 amide bonds. The zero-order chi connectivity index (χ0) is 13.5. The quantitative estimate of drug-likeness (QED) is 0.368. The molecular formula is C15H22IN3. The van der Waals surface area contributed by atoms with Crippen molar-refractivity contribution in [2.75, 3.05) is 5.32 Å². The van der Waals surface area contributed by atoms with Crippen molar-refractivity contribution in [2.24, 2.45) is 10.7 Å². The van der Waals surface area contributed by atoms with Crippen LogP contribution in [-0.2, 0) is 0 Å². The van der Waals surface area contributed by atoms with Crippen LogP contribution in [0.1, 0.15) is 38.7 Å². The number of hydrogen-bond acceptors (Lipinski definition) is 1. The van der Waals surface area contributed by atoms with E-state index in [0.29, 0.717) is 11.9 Å². The number of guanidine groups is 1. The molecule has 0 heterocycles. The minimum atomic E-state index is -0.161. The molecule has 104 valence electrons. The summed E-state index contributed by atoms with van der Waals surface area (Å²) in [4.78, 5) is 4.23. The molecule has 0 spiro atoms. The fraction of sp³-hybridized carbons (Fsp3) is 0.400. The summed E-state index contributed by atoms with van der Waals surface area (Å²) < 4.78 is 0. The molecule has 1 aromatic rings. The molecule has 0 bridgehead atoms. The Kier molecular flexibility index (Phi) is 8.24. The van der Waals surface area contributed by atoms with Crippen molar-refractivity contribution in [3.8, 4) is 12.3 Å². The smallest absolute Gasteiger partial charge is 0.194 e. The Morgan fingerprint density at radius 3 is 2.68 bits per heavy atom. The van der Waals surface area contributed by atoms with Gasteiger partial charge in [-0.1, -0.05) is 38.8 Å². The lowest BCUT2D eigenvalue weighted by molar-refractivity contribution is 0.806. The molecule has 0 aliphatic rings. The van der Waals surface area contributed by atoms with E-state index < -0.39 is 0 Å². The van der Waals surface area contributed by atoms with Gasteiger partial charge in [-0.3, -0.25) is 0 Å². The Hall–Kier alpha value is -1.22. The van der Waals surface area contributed by atoms with Gasteiger partial charge in [-0.25, -0.2) is 4.99 Å². The zero-order valence-corrected chi connectivity index (χ0v) is 14.0. The van der Waals surface area contributed by atoms with Crippen LogP contribution in [0.2, 0.25) is 0 Å². The van der Waals surface area contributed by atoms with E-state index in [1.165, 1.54) is 5.56 Å². The highest BCUT2D eigenvalue weighted by atomic mass is 127. The Morgan fingerprint density at radius 1 is 1.47 bits per heavy atom. The molecule has 0 radical (unpaired) electrons. The molecule has 3 nitrogen and oxygen atoms in total. The van der Waals surface area contributed by atoms with Crippen LogP contribution in [0.25, 0.3) is 0 Å². The Labute approximate surface area is 133 Å². The van der Waals surface area contributed by atoms with E-state index in [1.54, 1.807) is 0 Å². The van der Waals surface area contributed by atoms with Crippen LogP contribution in [0.15, 0.2) is 29.3 Å². The van der Waals surface area contributed by atoms with Gasteiger partial charge in [-0.15, -0.1) is 30.4 Å². The van der Waals surface area contributed by atoms with Crippen LogP contribution in [-0.4, -0.2) is 12.0 Å². The third kappa shape index (κ3) is 5.97. The molecule has 1 unspecified atom stereocenters. The fourth-order valence-electron chi connectivity index (χ4n) is 1.57. The van der Waals surface area contributed by atoms with Crippen LogP contribution in [0.3, 0.4) is 0 Å². The van der Waals surface area contributed by atoms with Crippen molar-refractivity contribution in [3.63, 3.8) is 0 Å². The van der Waals surface area contributed by atoms with Gasteiger partial charge in [0.05, 0.1) is 0 Å². The van der Waals surface area contributed by atoms with Crippen molar-refractivity contribution >= 4 is 35.6 Å². The van der Waals surface area contributed by atoms with Gasteiger partial charge in [0, 0.05) is 5.69 Å². The first-order valence-electron chi connectivity index (χ1n) is 6.23. The summed E-state index contributed by atoms with van der Waals surface area (Å²) in [7, 11) is 0. The lowest BCUT2D eigenvalue weighted by Crippen LogP contribution is -2.24. The highest BCUT2D eigenvalue weighted by Gasteiger charge is 2.03. The molecule has 0 saturated heterocycles. The summed E-state index contributed by atoms with van der Waals surface area (Å²) >= 11 is 0. The van der Waals surface area contributed by atoms with Crippen LogP contribution in [0, 0.1) is 12.3 Å². The van der Waals surface area contributed by atoms with Gasteiger partial charge < -0.3 is 11.1 Å². The second-order valence-electron chi connectivity index (χ2n) is 4.51. The summed E-state index contributed by atoms with van der Waals surface area (Å²) in [5, 5.41) is 3.07. The van der Waals surface area contributed by atoms with E-state index in [0.717, 1.165) is 12.1 Å². The van der Waals surface area contributed by atoms with E-state index in [1.807, 2.05) is 19.1 Å². The average Bonchev–Trinajstić information content (AvgIpc) is 2.36. The Morgan fingerprint density at radius 2 is 2.16 bits per heavy atom. The van der Waals surface area contributed by atoms with Gasteiger partial charge in [0.15, 0.2) is 5.96 Å². The third-order valence-electron chi connectivity index (χ3n) is 2.70. The Bertz CT molecular complexity index is 461. The molecule has 1 atom stereocenters. The Balaban J connectivity index is 0.00000324. The van der Waals surface area contributed by atoms with E-state index in [9.17, 15) is 0 Å². The average molecular weight is 371 g/mol. The number of aliphatic imine (C=N–C) groups is 1. The predicted octanol–water partition coefficient (Wildman–Crippen LogP) is 3.57. The predicted molar refractivity (Wildman–Crippen MR) is 94.1 cm³/mol. The standard InChI is InChI=1S/C15H21N3.HI/c1-5-13(6-2)17-15(16)18-14-9-7-8-12(10-14)11(3)4;/h1,7-11,13H,6H2,2-4H3,(H3,16,17,18);1H. The van der Waals surface area contributed by atoms with Crippen LogP contribution >= 0.6 is 24.0 Å². The van der Waals surface area contributed by atoms with Crippen LogP contribution in [0.5, 0.6) is 0 Å². The second kappa shape index (κ2) is 8.81. The molecule has 4 heteroatoms. The van der Waals surface area contributed by atoms with Gasteiger partial charge in [-0.2, -0.15) is 0 Å². The molecule has 3 N–H and O–H groups in total. The van der Waals surface area contributed by atoms with E-state index in [4.69, 9.17) is 12.2 Å². The molecular weight excluding hydrogens is 349 g/mol. The van der Waals surface area contributed by atoms with Gasteiger partial charge in [-0.05, 0) is 30.0 Å². The van der Waals surface area contributed by atoms with E-state index >= 15 is 0 Å². The van der Waals surface area contributed by atoms with Gasteiger partial charge >= 0.3 is 0 Å². The monoisotopic (exact) mass is 371 g/mol. The van der Waals surface area contributed by atoms with Gasteiger partial charge in [0.25, 0.3) is 0 Å². The molecule has 0 saturated carbocycles. The largest absolute Gasteiger partial charge is 0.370 e. The number of nitrogens with zero attached hydrogens (tertiary/aromatic N) is 1. The molecule has 0 aliphatic heterocycles. The first-order chi connectivity index (χ1) is 8.56. The first-order valence-corrected chi connectivity index (χ1v) is 6.23. The molecule has 0 fully saturated rings. The van der Waals surface area contributed by atoms with Crippen molar-refractivity contribution in [3.05, 3.63) is 29.8 Å². The molecule has 0 aromatic heterocycles. The minimum Gasteiger partial charge on any atom is -0.370 e. The number of benzene rings is 1. The van der Waals surface area contributed by atoms with Crippen LogP contribution in [0.4, 0.5) is 5.69 Å². The highest BCUT2D eigenvalue weighted by molar-refractivity contribution is 14.0. The lowest BCUT2D eigenvalue weighted by atomic mass is 10.0. The van der Waals surface area contributed by atoms with Crippen LogP contribution < -0.4 is 11.1 Å². The number of rotatable bonds is 4.